The number of phenolic OH excluding ortho intramolecular Hbond substituents is 2. The highest BCUT2D eigenvalue weighted by Gasteiger charge is 2.27. The fraction of sp³-hybridized carbons (Fsp3) is 0.676. The van der Waals surface area contributed by atoms with Crippen LogP contribution in [-0.4, -0.2) is 36.4 Å². The van der Waals surface area contributed by atoms with Gasteiger partial charge in [-0.05, 0) is 113 Å². The Bertz CT molecular complexity index is 962. The maximum atomic E-state index is 11.0. The number of nitrogens with one attached hydrogen (secondary N) is 2. The molecule has 0 saturated carbocycles. The van der Waals surface area contributed by atoms with Crippen molar-refractivity contribution < 1.29 is 10.2 Å². The second kappa shape index (κ2) is 14.0. The Morgan fingerprint density at radius 2 is 0.683 bits per heavy atom. The smallest absolute Gasteiger partial charge is 0.123 e. The van der Waals surface area contributed by atoms with Crippen molar-refractivity contribution in [2.24, 2.45) is 0 Å². The van der Waals surface area contributed by atoms with E-state index in [1.165, 1.54) is 11.1 Å². The van der Waals surface area contributed by atoms with Gasteiger partial charge < -0.3 is 20.8 Å². The number of phenols is 2. The number of benzene rings is 2. The minimum absolute atomic E-state index is 0.0832. The Labute approximate surface area is 252 Å². The van der Waals surface area contributed by atoms with E-state index in [4.69, 9.17) is 0 Å². The van der Waals surface area contributed by atoms with Crippen LogP contribution in [0.3, 0.4) is 0 Å². The van der Waals surface area contributed by atoms with Crippen molar-refractivity contribution >= 4 is 0 Å². The van der Waals surface area contributed by atoms with Crippen molar-refractivity contribution in [3.8, 4) is 11.5 Å². The lowest BCUT2D eigenvalue weighted by molar-refractivity contribution is 0.421. The molecule has 0 aliphatic rings. The van der Waals surface area contributed by atoms with Gasteiger partial charge in [0.2, 0.25) is 0 Å². The lowest BCUT2D eigenvalue weighted by Crippen LogP contribution is -2.24. The summed E-state index contributed by atoms with van der Waals surface area (Å²) in [5.41, 5.74) is 6.50. The zero-order valence-electron chi connectivity index (χ0n) is 28.6. The Morgan fingerprint density at radius 1 is 0.439 bits per heavy atom. The molecule has 0 unspecified atom stereocenters. The van der Waals surface area contributed by atoms with E-state index in [9.17, 15) is 10.2 Å². The normalized spacial score (nSPS) is 13.2. The highest BCUT2D eigenvalue weighted by Crippen LogP contribution is 2.41. The molecule has 0 heterocycles. The summed E-state index contributed by atoms with van der Waals surface area (Å²) in [7, 11) is 0. The van der Waals surface area contributed by atoms with Crippen molar-refractivity contribution in [1.29, 1.82) is 0 Å². The summed E-state index contributed by atoms with van der Waals surface area (Å²) in [5.74, 6) is 0.929. The highest BCUT2D eigenvalue weighted by atomic mass is 16.3. The summed E-state index contributed by atoms with van der Waals surface area (Å²) in [6, 6.07) is 8.84. The summed E-state index contributed by atoms with van der Waals surface area (Å²) < 4.78 is 0. The van der Waals surface area contributed by atoms with Gasteiger partial charge in [-0.3, -0.25) is 0 Å². The fourth-order valence-electron chi connectivity index (χ4n) is 5.39. The van der Waals surface area contributed by atoms with E-state index in [1.807, 2.05) is 0 Å². The third kappa shape index (κ3) is 10.6. The molecule has 2 rings (SSSR count). The summed E-state index contributed by atoms with van der Waals surface area (Å²) in [4.78, 5) is 0. The Hall–Kier alpha value is -2.04. The molecule has 0 saturated heterocycles. The number of hydrogen-bond acceptors (Lipinski definition) is 4. The summed E-state index contributed by atoms with van der Waals surface area (Å²) in [6.07, 6.45) is 5.32. The van der Waals surface area contributed by atoms with Crippen LogP contribution in [0.1, 0.15) is 136 Å². The van der Waals surface area contributed by atoms with Gasteiger partial charge in [0.15, 0.2) is 0 Å². The van der Waals surface area contributed by atoms with Crippen LogP contribution in [0.2, 0.25) is 0 Å². The molecule has 0 radical (unpaired) electrons. The number of hydrogen-bond donors (Lipinski definition) is 4. The molecule has 0 aliphatic carbocycles. The van der Waals surface area contributed by atoms with E-state index in [0.717, 1.165) is 80.5 Å². The molecule has 0 spiro atoms. The summed E-state index contributed by atoms with van der Waals surface area (Å²) in [6.45, 7) is 30.1. The van der Waals surface area contributed by atoms with Crippen molar-refractivity contribution in [2.75, 3.05) is 26.2 Å². The molecule has 0 aliphatic heterocycles. The van der Waals surface area contributed by atoms with E-state index >= 15 is 0 Å². The van der Waals surface area contributed by atoms with Crippen LogP contribution in [0.15, 0.2) is 24.3 Å². The average molecular weight is 567 g/mol. The van der Waals surface area contributed by atoms with Crippen LogP contribution in [0.25, 0.3) is 0 Å². The first-order valence-electron chi connectivity index (χ1n) is 15.9. The first-order valence-corrected chi connectivity index (χ1v) is 15.9. The van der Waals surface area contributed by atoms with Crippen LogP contribution < -0.4 is 10.6 Å². The van der Waals surface area contributed by atoms with Gasteiger partial charge in [-0.25, -0.2) is 0 Å². The van der Waals surface area contributed by atoms with Crippen LogP contribution in [-0.2, 0) is 34.5 Å². The maximum absolute atomic E-state index is 11.0. The van der Waals surface area contributed by atoms with Gasteiger partial charge >= 0.3 is 0 Å². The first-order chi connectivity index (χ1) is 18.7. The number of aryl methyl sites for hydroxylation is 2. The van der Waals surface area contributed by atoms with E-state index in [2.05, 4.69) is 118 Å². The summed E-state index contributed by atoms with van der Waals surface area (Å²) >= 11 is 0. The topological polar surface area (TPSA) is 64.5 Å². The Morgan fingerprint density at radius 3 is 0.927 bits per heavy atom. The molecular formula is C37H62N2O2. The van der Waals surface area contributed by atoms with E-state index in [0.29, 0.717) is 11.5 Å². The molecule has 0 aromatic heterocycles. The molecule has 0 amide bonds. The van der Waals surface area contributed by atoms with Crippen LogP contribution in [0.4, 0.5) is 0 Å². The minimum atomic E-state index is -0.0832. The van der Waals surface area contributed by atoms with E-state index < -0.39 is 0 Å². The molecule has 4 heteroatoms. The van der Waals surface area contributed by atoms with Gasteiger partial charge in [-0.2, -0.15) is 0 Å². The highest BCUT2D eigenvalue weighted by molar-refractivity contribution is 5.51. The fourth-order valence-corrected chi connectivity index (χ4v) is 5.39. The van der Waals surface area contributed by atoms with Crippen LogP contribution in [0.5, 0.6) is 11.5 Å². The first kappa shape index (κ1) is 35.2. The summed E-state index contributed by atoms with van der Waals surface area (Å²) in [5, 5.41) is 29.1. The molecule has 232 valence electrons. The van der Waals surface area contributed by atoms with Gasteiger partial charge in [-0.1, -0.05) is 107 Å². The van der Waals surface area contributed by atoms with Crippen molar-refractivity contribution in [3.63, 3.8) is 0 Å². The van der Waals surface area contributed by atoms with Gasteiger partial charge in [0.1, 0.15) is 11.5 Å². The molecule has 0 bridgehead atoms. The van der Waals surface area contributed by atoms with E-state index in [-0.39, 0.29) is 21.7 Å². The third-order valence-electron chi connectivity index (χ3n) is 7.92. The molecule has 4 nitrogen and oxygen atoms in total. The van der Waals surface area contributed by atoms with Crippen LogP contribution >= 0.6 is 0 Å². The molecule has 2 aromatic carbocycles. The van der Waals surface area contributed by atoms with Gasteiger partial charge in [0.05, 0.1) is 0 Å². The van der Waals surface area contributed by atoms with Gasteiger partial charge in [0, 0.05) is 0 Å². The zero-order chi connectivity index (χ0) is 31.2. The minimum Gasteiger partial charge on any atom is -0.507 e. The SMILES string of the molecule is CC(C)(C)c1cc(CCCNCCCNCCCc2cc(C(C)(C)C)c(O)c(C(C)(C)C)c2)cc(C(C)(C)C)c1O. The molecule has 4 N–H and O–H groups in total. The van der Waals surface area contributed by atoms with Crippen LogP contribution in [0, 0.1) is 0 Å². The van der Waals surface area contributed by atoms with Gasteiger partial charge in [0.25, 0.3) is 0 Å². The number of aromatic hydroxyl groups is 2. The molecule has 0 fully saturated rings. The lowest BCUT2D eigenvalue weighted by atomic mass is 9.78. The number of rotatable bonds is 12. The van der Waals surface area contributed by atoms with E-state index in [1.54, 1.807) is 0 Å². The predicted molar refractivity (Wildman–Crippen MR) is 178 cm³/mol. The second-order valence-electron chi connectivity index (χ2n) is 16.1. The van der Waals surface area contributed by atoms with Crippen molar-refractivity contribution in [1.82, 2.24) is 10.6 Å². The van der Waals surface area contributed by atoms with Crippen molar-refractivity contribution in [2.45, 2.75) is 137 Å². The quantitative estimate of drug-likeness (QED) is 0.195. The third-order valence-corrected chi connectivity index (χ3v) is 7.92. The average Bonchev–Trinajstić information content (AvgIpc) is 2.81. The molecule has 2 aromatic rings. The molecule has 0 atom stereocenters. The molecular weight excluding hydrogens is 504 g/mol. The van der Waals surface area contributed by atoms with Gasteiger partial charge in [-0.15, -0.1) is 0 Å². The van der Waals surface area contributed by atoms with Crippen molar-refractivity contribution in [3.05, 3.63) is 57.6 Å². The predicted octanol–water partition coefficient (Wildman–Crippen LogP) is 8.42. The Kier molecular flexibility index (Phi) is 12.0. The Balaban J connectivity index is 1.74. The largest absolute Gasteiger partial charge is 0.507 e. The zero-order valence-corrected chi connectivity index (χ0v) is 28.6. The maximum Gasteiger partial charge on any atom is 0.123 e. The standard InChI is InChI=1S/C37H62N2O2/c1-34(2,3)28-22-26(23-29(32(28)40)35(4,5)6)16-13-18-38-20-15-21-39-19-14-17-27-24-30(36(7,8)9)33(41)31(25-27)37(10,11)12/h22-25,38-41H,13-21H2,1-12H3. The molecule has 41 heavy (non-hydrogen) atoms. The monoisotopic (exact) mass is 566 g/mol. The lowest BCUT2D eigenvalue weighted by Gasteiger charge is -2.28. The second-order valence-corrected chi connectivity index (χ2v) is 16.1.